The summed E-state index contributed by atoms with van der Waals surface area (Å²) in [5.41, 5.74) is 2.17. The largest absolute Gasteiger partial charge is 0.478 e. The van der Waals surface area contributed by atoms with Gasteiger partial charge in [0.05, 0.1) is 12.1 Å². The number of halogens is 1. The lowest BCUT2D eigenvalue weighted by atomic mass is 10.2. The average Bonchev–Trinajstić information content (AvgIpc) is 2.53. The lowest BCUT2D eigenvalue weighted by molar-refractivity contribution is 0.0697. The minimum absolute atomic E-state index is 0.264. The van der Waals surface area contributed by atoms with Crippen LogP contribution < -0.4 is 4.31 Å². The number of benzene rings is 2. The highest BCUT2D eigenvalue weighted by atomic mass is 35.5. The summed E-state index contributed by atoms with van der Waals surface area (Å²) in [6, 6.07) is 14.4. The fraction of sp³-hybridized carbons (Fsp3) is 0.118. The van der Waals surface area contributed by atoms with Crippen LogP contribution in [0.1, 0.15) is 15.9 Å². The van der Waals surface area contributed by atoms with Crippen molar-refractivity contribution in [1.82, 2.24) is 0 Å². The molecule has 0 heterocycles. The molecule has 1 atom stereocenters. The third-order valence-electron chi connectivity index (χ3n) is 3.21. The van der Waals surface area contributed by atoms with Gasteiger partial charge in [-0.3, -0.25) is 0 Å². The molecule has 0 aliphatic carbocycles. The molecule has 114 valence electrons. The average molecular weight is 334 g/mol. The Bertz CT molecular complexity index is 737. The summed E-state index contributed by atoms with van der Waals surface area (Å²) in [4.78, 5) is 11.0. The molecule has 0 saturated heterocycles. The number of anilines is 1. The molecule has 0 aromatic heterocycles. The third kappa shape index (κ3) is 3.80. The van der Waals surface area contributed by atoms with Crippen LogP contribution in [0.2, 0.25) is 5.02 Å². The van der Waals surface area contributed by atoms with E-state index in [0.717, 1.165) is 11.3 Å². The summed E-state index contributed by atoms with van der Waals surface area (Å²) < 4.78 is 2.10. The zero-order valence-corrected chi connectivity index (χ0v) is 13.7. The van der Waals surface area contributed by atoms with Gasteiger partial charge in [-0.1, -0.05) is 45.5 Å². The first-order valence-corrected chi connectivity index (χ1v) is 8.53. The standard InChI is InChI=1S/C17H16ClNO2S/c1-3-22(2)19(12-14-6-4-5-7-16(14)18)15-10-8-13(9-11-15)17(20)21/h4-11H,1,12H2,2H3,(H,20,21). The van der Waals surface area contributed by atoms with Crippen LogP contribution in [0.15, 0.2) is 55.1 Å². The summed E-state index contributed by atoms with van der Waals surface area (Å²) in [7, 11) is -0.326. The Balaban J connectivity index is 2.37. The molecule has 5 heteroatoms. The van der Waals surface area contributed by atoms with Gasteiger partial charge in [-0.15, -0.1) is 0 Å². The van der Waals surface area contributed by atoms with Crippen molar-refractivity contribution >= 4 is 39.0 Å². The molecule has 3 nitrogen and oxygen atoms in total. The van der Waals surface area contributed by atoms with Gasteiger partial charge in [-0.25, -0.2) is 4.79 Å². The van der Waals surface area contributed by atoms with Crippen molar-refractivity contribution in [2.45, 2.75) is 6.54 Å². The quantitative estimate of drug-likeness (QED) is 0.822. The van der Waals surface area contributed by atoms with Gasteiger partial charge in [0, 0.05) is 17.0 Å². The number of hydrogen-bond donors (Lipinski definition) is 1. The predicted molar refractivity (Wildman–Crippen MR) is 95.2 cm³/mol. The molecule has 22 heavy (non-hydrogen) atoms. The Morgan fingerprint density at radius 2 is 1.91 bits per heavy atom. The molecule has 0 saturated carbocycles. The van der Waals surface area contributed by atoms with Crippen molar-refractivity contribution < 1.29 is 9.90 Å². The van der Waals surface area contributed by atoms with E-state index in [2.05, 4.69) is 15.9 Å². The van der Waals surface area contributed by atoms with E-state index in [1.807, 2.05) is 30.5 Å². The van der Waals surface area contributed by atoms with Gasteiger partial charge < -0.3 is 9.41 Å². The Kier molecular flexibility index (Phi) is 5.45. The van der Waals surface area contributed by atoms with Gasteiger partial charge in [0.1, 0.15) is 0 Å². The molecule has 1 N–H and O–H groups in total. The first-order chi connectivity index (χ1) is 10.5. The topological polar surface area (TPSA) is 40.5 Å². The molecule has 0 amide bonds. The molecule has 0 aliphatic rings. The number of hydrogen-bond acceptors (Lipinski definition) is 2. The van der Waals surface area contributed by atoms with Gasteiger partial charge in [-0.05, 0) is 42.5 Å². The summed E-state index contributed by atoms with van der Waals surface area (Å²) in [5, 5.41) is 12.7. The predicted octanol–water partition coefficient (Wildman–Crippen LogP) is 4.45. The minimum atomic E-state index is -0.935. The Morgan fingerprint density at radius 1 is 1.27 bits per heavy atom. The van der Waals surface area contributed by atoms with Gasteiger partial charge >= 0.3 is 5.97 Å². The minimum Gasteiger partial charge on any atom is -0.478 e. The number of carboxylic acids is 1. The van der Waals surface area contributed by atoms with E-state index in [-0.39, 0.29) is 16.2 Å². The van der Waals surface area contributed by atoms with Crippen LogP contribution in [0.5, 0.6) is 0 Å². The lowest BCUT2D eigenvalue weighted by Gasteiger charge is -2.25. The van der Waals surface area contributed by atoms with Crippen molar-refractivity contribution in [2.75, 3.05) is 10.6 Å². The van der Waals surface area contributed by atoms with Crippen LogP contribution in [0.3, 0.4) is 0 Å². The van der Waals surface area contributed by atoms with E-state index in [0.29, 0.717) is 11.6 Å². The highest BCUT2D eigenvalue weighted by molar-refractivity contribution is 8.15. The fourth-order valence-corrected chi connectivity index (χ4v) is 3.10. The number of rotatable bonds is 5. The Morgan fingerprint density at radius 3 is 2.45 bits per heavy atom. The molecule has 1 unspecified atom stereocenters. The van der Waals surface area contributed by atoms with Crippen LogP contribution in [0.25, 0.3) is 0 Å². The molecule has 0 radical (unpaired) electrons. The van der Waals surface area contributed by atoms with Crippen molar-refractivity contribution in [3.8, 4) is 0 Å². The molecular weight excluding hydrogens is 318 g/mol. The zero-order chi connectivity index (χ0) is 16.1. The Hall–Kier alpha value is -2.00. The normalized spacial score (nSPS) is 11.5. The fourth-order valence-electron chi connectivity index (χ4n) is 1.98. The van der Waals surface area contributed by atoms with E-state index in [1.165, 1.54) is 0 Å². The number of aromatic carboxylic acids is 1. The highest BCUT2D eigenvalue weighted by Crippen LogP contribution is 2.29. The maximum atomic E-state index is 11.0. The third-order valence-corrected chi connectivity index (χ3v) is 5.00. The van der Waals surface area contributed by atoms with E-state index in [1.54, 1.807) is 24.3 Å². The van der Waals surface area contributed by atoms with Crippen molar-refractivity contribution in [3.05, 3.63) is 71.3 Å². The zero-order valence-electron chi connectivity index (χ0n) is 12.1. The summed E-state index contributed by atoms with van der Waals surface area (Å²) >= 11 is 6.23. The summed E-state index contributed by atoms with van der Waals surface area (Å²) in [6.07, 6.45) is 2.01. The maximum Gasteiger partial charge on any atom is 0.335 e. The van der Waals surface area contributed by atoms with Crippen LogP contribution in [-0.4, -0.2) is 22.4 Å². The SMILES string of the molecule is C=C=S(C)N(Cc1ccccc1Cl)c1ccc(C(=O)O)cc1. The molecular formula is C17H16ClNO2S. The lowest BCUT2D eigenvalue weighted by Crippen LogP contribution is -2.16. The van der Waals surface area contributed by atoms with Crippen molar-refractivity contribution in [3.63, 3.8) is 0 Å². The molecule has 0 aliphatic heterocycles. The molecule has 2 aromatic rings. The maximum absolute atomic E-state index is 11.0. The highest BCUT2D eigenvalue weighted by Gasteiger charge is 2.12. The van der Waals surface area contributed by atoms with Crippen LogP contribution >= 0.6 is 22.3 Å². The molecule has 0 bridgehead atoms. The van der Waals surface area contributed by atoms with E-state index in [9.17, 15) is 4.79 Å². The van der Waals surface area contributed by atoms with Gasteiger partial charge in [0.25, 0.3) is 0 Å². The monoisotopic (exact) mass is 333 g/mol. The second-order valence-corrected chi connectivity index (χ2v) is 6.69. The van der Waals surface area contributed by atoms with Crippen LogP contribution in [0.4, 0.5) is 5.69 Å². The molecule has 0 fully saturated rings. The first kappa shape index (κ1) is 16.4. The Labute approximate surface area is 137 Å². The number of carboxylic acid groups (broad SMARTS) is 1. The first-order valence-electron chi connectivity index (χ1n) is 6.56. The molecule has 2 aromatic carbocycles. The molecule has 2 rings (SSSR count). The number of nitrogens with zero attached hydrogens (tertiary/aromatic N) is 1. The van der Waals surface area contributed by atoms with Crippen LogP contribution in [-0.2, 0) is 6.54 Å². The number of carbonyl (C=O) groups is 1. The van der Waals surface area contributed by atoms with Gasteiger partial charge in [0.2, 0.25) is 0 Å². The van der Waals surface area contributed by atoms with Crippen molar-refractivity contribution in [1.29, 1.82) is 0 Å². The second kappa shape index (κ2) is 7.32. The van der Waals surface area contributed by atoms with Gasteiger partial charge in [-0.2, -0.15) is 0 Å². The van der Waals surface area contributed by atoms with Crippen molar-refractivity contribution in [2.24, 2.45) is 0 Å². The van der Waals surface area contributed by atoms with Crippen LogP contribution in [0, 0.1) is 0 Å². The second-order valence-electron chi connectivity index (χ2n) is 4.60. The smallest absolute Gasteiger partial charge is 0.335 e. The van der Waals surface area contributed by atoms with E-state index < -0.39 is 5.97 Å². The van der Waals surface area contributed by atoms with E-state index in [4.69, 9.17) is 16.7 Å². The molecule has 0 spiro atoms. The summed E-state index contributed by atoms with van der Waals surface area (Å²) in [6.45, 7) is 4.34. The summed E-state index contributed by atoms with van der Waals surface area (Å²) in [5.74, 6) is -0.935. The van der Waals surface area contributed by atoms with E-state index >= 15 is 0 Å². The van der Waals surface area contributed by atoms with Gasteiger partial charge in [0.15, 0.2) is 0 Å².